The zero-order valence-corrected chi connectivity index (χ0v) is 23.0. The summed E-state index contributed by atoms with van der Waals surface area (Å²) < 4.78 is 12.7. The number of benzene rings is 1. The van der Waals surface area contributed by atoms with Crippen molar-refractivity contribution < 1.29 is 14.6 Å². The molecule has 4 heteroatoms. The molecule has 0 unspecified atom stereocenters. The second-order valence-electron chi connectivity index (χ2n) is 11.1. The van der Waals surface area contributed by atoms with Crippen molar-refractivity contribution in [2.75, 3.05) is 19.9 Å². The standard InChI is InChI=1S/C31H47NO3/c1-23(2)10-7-11-24(3)12-8-13-25(4)14-9-16-31(6)17-15-27-20-29-28(26(5)30(27)35-31)21-32(18-19-33)22-34-29/h10,12,14,20,33H,7-9,11,13,15-19,21-22H2,1-6H3/b24-12+,25-14+/t31-/m1/s1. The Labute approximate surface area is 213 Å². The predicted octanol–water partition coefficient (Wildman–Crippen LogP) is 7.42. The number of aryl methyl sites for hydroxylation is 1. The SMILES string of the molecule is CC(C)=CCC/C(C)=C/CC/C(C)=C/CC[C@]1(C)CCc2cc3c(c(C)c2O1)CN(CCO)CO3. The summed E-state index contributed by atoms with van der Waals surface area (Å²) in [6.07, 6.45) is 15.9. The number of aliphatic hydroxyl groups excluding tert-OH is 1. The first-order chi connectivity index (χ1) is 16.7. The van der Waals surface area contributed by atoms with Crippen molar-refractivity contribution in [2.24, 2.45) is 0 Å². The second-order valence-corrected chi connectivity index (χ2v) is 11.1. The fraction of sp³-hybridized carbons (Fsp3) is 0.613. The Morgan fingerprint density at radius 2 is 1.74 bits per heavy atom. The van der Waals surface area contributed by atoms with Gasteiger partial charge in [-0.25, -0.2) is 0 Å². The van der Waals surface area contributed by atoms with Gasteiger partial charge in [-0.05, 0) is 110 Å². The fourth-order valence-electron chi connectivity index (χ4n) is 5.08. The maximum absolute atomic E-state index is 9.31. The van der Waals surface area contributed by atoms with Gasteiger partial charge in [0, 0.05) is 18.7 Å². The van der Waals surface area contributed by atoms with Gasteiger partial charge in [0.15, 0.2) is 0 Å². The van der Waals surface area contributed by atoms with Crippen molar-refractivity contribution in [1.82, 2.24) is 4.90 Å². The van der Waals surface area contributed by atoms with Gasteiger partial charge in [0.2, 0.25) is 0 Å². The summed E-state index contributed by atoms with van der Waals surface area (Å²) >= 11 is 0. The molecular formula is C31H47NO3. The van der Waals surface area contributed by atoms with Crippen molar-refractivity contribution in [3.8, 4) is 11.5 Å². The molecule has 4 nitrogen and oxygen atoms in total. The Kier molecular flexibility index (Phi) is 10.1. The molecule has 1 aromatic rings. The van der Waals surface area contributed by atoms with Crippen LogP contribution in [-0.2, 0) is 13.0 Å². The highest BCUT2D eigenvalue weighted by Crippen LogP contribution is 2.43. The molecule has 35 heavy (non-hydrogen) atoms. The topological polar surface area (TPSA) is 41.9 Å². The van der Waals surface area contributed by atoms with E-state index in [0.29, 0.717) is 13.3 Å². The van der Waals surface area contributed by atoms with Crippen molar-refractivity contribution >= 4 is 0 Å². The van der Waals surface area contributed by atoms with E-state index in [9.17, 15) is 5.11 Å². The lowest BCUT2D eigenvalue weighted by molar-refractivity contribution is 0.0528. The highest BCUT2D eigenvalue weighted by atomic mass is 16.5. The van der Waals surface area contributed by atoms with E-state index in [4.69, 9.17) is 9.47 Å². The molecule has 0 radical (unpaired) electrons. The number of allylic oxidation sites excluding steroid dienone is 6. The molecule has 3 rings (SSSR count). The maximum Gasteiger partial charge on any atom is 0.142 e. The fourth-order valence-corrected chi connectivity index (χ4v) is 5.08. The molecule has 0 saturated heterocycles. The molecule has 0 saturated carbocycles. The van der Waals surface area contributed by atoms with Crippen LogP contribution in [0, 0.1) is 6.92 Å². The number of hydrogen-bond donors (Lipinski definition) is 1. The van der Waals surface area contributed by atoms with E-state index in [2.05, 4.69) is 70.7 Å². The normalized spacial score (nSPS) is 20.5. The summed E-state index contributed by atoms with van der Waals surface area (Å²) in [6, 6.07) is 2.19. The van der Waals surface area contributed by atoms with Crippen molar-refractivity contribution in [2.45, 2.75) is 105 Å². The van der Waals surface area contributed by atoms with Gasteiger partial charge in [-0.1, -0.05) is 34.9 Å². The van der Waals surface area contributed by atoms with Gasteiger partial charge in [0.05, 0.1) is 6.61 Å². The molecule has 0 fully saturated rings. The molecule has 1 atom stereocenters. The van der Waals surface area contributed by atoms with Crippen molar-refractivity contribution in [3.05, 3.63) is 57.7 Å². The number of β-amino-alcohol motifs (C(OH)–C–C–N with tert-alkyl or cyclic N) is 1. The zero-order chi connectivity index (χ0) is 25.4. The molecular weight excluding hydrogens is 434 g/mol. The summed E-state index contributed by atoms with van der Waals surface area (Å²) in [5, 5.41) is 9.31. The monoisotopic (exact) mass is 481 g/mol. The smallest absolute Gasteiger partial charge is 0.142 e. The van der Waals surface area contributed by atoms with Crippen LogP contribution in [0.2, 0.25) is 0 Å². The minimum absolute atomic E-state index is 0.134. The lowest BCUT2D eigenvalue weighted by Crippen LogP contribution is -2.38. The van der Waals surface area contributed by atoms with Crippen LogP contribution in [0.5, 0.6) is 11.5 Å². The van der Waals surface area contributed by atoms with Crippen LogP contribution in [0.25, 0.3) is 0 Å². The number of ether oxygens (including phenoxy) is 2. The third-order valence-electron chi connectivity index (χ3n) is 7.45. The van der Waals surface area contributed by atoms with E-state index in [0.717, 1.165) is 63.0 Å². The summed E-state index contributed by atoms with van der Waals surface area (Å²) in [5.74, 6) is 2.05. The predicted molar refractivity (Wildman–Crippen MR) is 146 cm³/mol. The first-order valence-corrected chi connectivity index (χ1v) is 13.5. The second kappa shape index (κ2) is 12.8. The Balaban J connectivity index is 1.53. The zero-order valence-electron chi connectivity index (χ0n) is 23.0. The number of nitrogens with zero attached hydrogens (tertiary/aromatic N) is 1. The number of fused-ring (bicyclic) bond motifs is 2. The Morgan fingerprint density at radius 1 is 1.06 bits per heavy atom. The van der Waals surface area contributed by atoms with Crippen molar-refractivity contribution in [3.63, 3.8) is 0 Å². The van der Waals surface area contributed by atoms with E-state index in [1.54, 1.807) is 0 Å². The number of rotatable bonds is 11. The summed E-state index contributed by atoms with van der Waals surface area (Å²) in [7, 11) is 0. The quantitative estimate of drug-likeness (QED) is 0.334. The van der Waals surface area contributed by atoms with Crippen LogP contribution in [-0.4, -0.2) is 35.5 Å². The Morgan fingerprint density at radius 3 is 2.43 bits per heavy atom. The van der Waals surface area contributed by atoms with Gasteiger partial charge in [0.25, 0.3) is 0 Å². The average Bonchev–Trinajstić information content (AvgIpc) is 2.80. The summed E-state index contributed by atoms with van der Waals surface area (Å²) in [5.41, 5.74) is 7.92. The average molecular weight is 482 g/mol. The highest BCUT2D eigenvalue weighted by Gasteiger charge is 2.34. The van der Waals surface area contributed by atoms with Gasteiger partial charge in [0.1, 0.15) is 23.8 Å². The minimum atomic E-state index is -0.134. The van der Waals surface area contributed by atoms with Gasteiger partial charge >= 0.3 is 0 Å². The number of hydrogen-bond acceptors (Lipinski definition) is 4. The lowest BCUT2D eigenvalue weighted by Gasteiger charge is -2.39. The molecule has 1 aromatic carbocycles. The maximum atomic E-state index is 9.31. The Bertz CT molecular complexity index is 954. The van der Waals surface area contributed by atoms with Gasteiger partial charge < -0.3 is 14.6 Å². The van der Waals surface area contributed by atoms with Crippen LogP contribution >= 0.6 is 0 Å². The molecule has 0 amide bonds. The van der Waals surface area contributed by atoms with E-state index in [1.165, 1.54) is 39.8 Å². The van der Waals surface area contributed by atoms with E-state index in [-0.39, 0.29) is 12.2 Å². The van der Waals surface area contributed by atoms with Crippen LogP contribution in [0.1, 0.15) is 96.3 Å². The molecule has 194 valence electrons. The molecule has 0 aliphatic carbocycles. The van der Waals surface area contributed by atoms with Crippen molar-refractivity contribution in [1.29, 1.82) is 0 Å². The van der Waals surface area contributed by atoms with Crippen LogP contribution < -0.4 is 9.47 Å². The van der Waals surface area contributed by atoms with Gasteiger partial charge in [-0.15, -0.1) is 0 Å². The highest BCUT2D eigenvalue weighted by molar-refractivity contribution is 5.54. The first-order valence-electron chi connectivity index (χ1n) is 13.5. The Hall–Kier alpha value is -2.04. The molecule has 0 spiro atoms. The van der Waals surface area contributed by atoms with Crippen LogP contribution in [0.15, 0.2) is 41.0 Å². The van der Waals surface area contributed by atoms with Crippen LogP contribution in [0.4, 0.5) is 0 Å². The minimum Gasteiger partial charge on any atom is -0.487 e. The lowest BCUT2D eigenvalue weighted by atomic mass is 9.86. The van der Waals surface area contributed by atoms with Crippen LogP contribution in [0.3, 0.4) is 0 Å². The summed E-state index contributed by atoms with van der Waals surface area (Å²) in [6.45, 7) is 15.4. The molecule has 1 N–H and O–H groups in total. The molecule has 0 aromatic heterocycles. The van der Waals surface area contributed by atoms with E-state index < -0.39 is 0 Å². The van der Waals surface area contributed by atoms with Gasteiger partial charge in [-0.3, -0.25) is 4.90 Å². The third kappa shape index (κ3) is 7.98. The molecule has 2 heterocycles. The third-order valence-corrected chi connectivity index (χ3v) is 7.45. The largest absolute Gasteiger partial charge is 0.487 e. The first kappa shape index (κ1) is 27.5. The molecule has 0 bridgehead atoms. The summed E-state index contributed by atoms with van der Waals surface area (Å²) in [4.78, 5) is 2.14. The van der Waals surface area contributed by atoms with Gasteiger partial charge in [-0.2, -0.15) is 0 Å². The van der Waals surface area contributed by atoms with E-state index >= 15 is 0 Å². The molecule has 2 aliphatic heterocycles. The number of aliphatic hydroxyl groups is 1. The molecule has 2 aliphatic rings. The van der Waals surface area contributed by atoms with E-state index in [1.807, 2.05) is 0 Å².